The van der Waals surface area contributed by atoms with Crippen LogP contribution in [-0.2, 0) is 24.2 Å². The van der Waals surface area contributed by atoms with Crippen molar-refractivity contribution >= 4 is 33.9 Å². The third-order valence-electron chi connectivity index (χ3n) is 5.07. The summed E-state index contributed by atoms with van der Waals surface area (Å²) in [6.07, 6.45) is 5.20. The summed E-state index contributed by atoms with van der Waals surface area (Å²) in [4.78, 5) is 13.4. The largest absolute Gasteiger partial charge is 0.344 e. The number of fused-ring (bicyclic) bond motifs is 3. The van der Waals surface area contributed by atoms with Crippen molar-refractivity contribution in [3.63, 3.8) is 0 Å². The summed E-state index contributed by atoms with van der Waals surface area (Å²) in [6, 6.07) is 12.6. The maximum Gasteiger partial charge on any atom is 0.241 e. The van der Waals surface area contributed by atoms with Crippen molar-refractivity contribution < 1.29 is 4.79 Å². The first-order valence-electron chi connectivity index (χ1n) is 9.20. The fraction of sp³-hybridized carbons (Fsp3) is 0.333. The summed E-state index contributed by atoms with van der Waals surface area (Å²) in [5.41, 5.74) is 7.71. The highest BCUT2D eigenvalue weighted by Crippen LogP contribution is 2.32. The van der Waals surface area contributed by atoms with Gasteiger partial charge >= 0.3 is 0 Å². The number of aromatic nitrogens is 1. The van der Waals surface area contributed by atoms with Crippen molar-refractivity contribution in [2.24, 2.45) is 5.10 Å². The lowest BCUT2D eigenvalue weighted by Crippen LogP contribution is -2.21. The van der Waals surface area contributed by atoms with Crippen molar-refractivity contribution in [2.75, 3.05) is 0 Å². The average Bonchev–Trinajstić information content (AvgIpc) is 3.31. The van der Waals surface area contributed by atoms with Gasteiger partial charge in [0.1, 0.15) is 0 Å². The fourth-order valence-electron chi connectivity index (χ4n) is 3.80. The molecule has 0 bridgehead atoms. The van der Waals surface area contributed by atoms with E-state index >= 15 is 0 Å². The van der Waals surface area contributed by atoms with E-state index in [0.29, 0.717) is 13.0 Å². The molecule has 0 saturated carbocycles. The highest BCUT2D eigenvalue weighted by Gasteiger charge is 2.19. The molecular formula is C21H23N3OS. The molecule has 0 saturated heterocycles. The van der Waals surface area contributed by atoms with E-state index in [-0.39, 0.29) is 5.91 Å². The number of thiophene rings is 1. The number of hydrogen-bond donors (Lipinski definition) is 1. The molecule has 4 nitrogen and oxygen atoms in total. The lowest BCUT2D eigenvalue weighted by Gasteiger charge is -2.15. The molecule has 0 unspecified atom stereocenters. The van der Waals surface area contributed by atoms with Crippen LogP contribution in [0.5, 0.6) is 0 Å². The Bertz CT molecular complexity index is 953. The molecule has 1 aromatic carbocycles. The van der Waals surface area contributed by atoms with E-state index in [4.69, 9.17) is 0 Å². The highest BCUT2D eigenvalue weighted by molar-refractivity contribution is 7.12. The SMILES string of the molecule is C/C(=N/NC(=O)CCn1c2c(c3ccccc31)CCCC2)c1cccs1. The molecule has 2 heterocycles. The lowest BCUT2D eigenvalue weighted by molar-refractivity contribution is -0.121. The maximum atomic E-state index is 12.3. The minimum atomic E-state index is -0.0387. The number of carbonyl (C=O) groups is 1. The third-order valence-corrected chi connectivity index (χ3v) is 6.05. The van der Waals surface area contributed by atoms with Crippen LogP contribution in [-0.4, -0.2) is 16.2 Å². The molecule has 4 rings (SSSR count). The number of nitrogens with one attached hydrogen (secondary N) is 1. The van der Waals surface area contributed by atoms with Gasteiger partial charge < -0.3 is 4.57 Å². The topological polar surface area (TPSA) is 46.4 Å². The summed E-state index contributed by atoms with van der Waals surface area (Å²) in [7, 11) is 0. The second-order valence-electron chi connectivity index (χ2n) is 6.76. The zero-order valence-corrected chi connectivity index (χ0v) is 15.8. The maximum absolute atomic E-state index is 12.3. The first-order valence-corrected chi connectivity index (χ1v) is 10.1. The first kappa shape index (κ1) is 17.0. The summed E-state index contributed by atoms with van der Waals surface area (Å²) in [6.45, 7) is 2.62. The van der Waals surface area contributed by atoms with Crippen molar-refractivity contribution in [3.05, 3.63) is 57.9 Å². The Morgan fingerprint density at radius 3 is 2.88 bits per heavy atom. The van der Waals surface area contributed by atoms with E-state index in [0.717, 1.165) is 23.4 Å². The molecule has 0 radical (unpaired) electrons. The van der Waals surface area contributed by atoms with E-state index in [2.05, 4.69) is 39.4 Å². The lowest BCUT2D eigenvalue weighted by atomic mass is 9.95. The van der Waals surface area contributed by atoms with Gasteiger partial charge in [-0.05, 0) is 55.7 Å². The van der Waals surface area contributed by atoms with E-state index in [1.807, 2.05) is 24.4 Å². The molecule has 0 atom stereocenters. The van der Waals surface area contributed by atoms with E-state index in [1.165, 1.54) is 35.0 Å². The van der Waals surface area contributed by atoms with Crippen molar-refractivity contribution in [3.8, 4) is 0 Å². The monoisotopic (exact) mass is 365 g/mol. The molecule has 5 heteroatoms. The molecule has 0 fully saturated rings. The highest BCUT2D eigenvalue weighted by atomic mass is 32.1. The number of nitrogens with zero attached hydrogens (tertiary/aromatic N) is 2. The third kappa shape index (κ3) is 3.31. The predicted molar refractivity (Wildman–Crippen MR) is 108 cm³/mol. The van der Waals surface area contributed by atoms with Gasteiger partial charge in [-0.15, -0.1) is 11.3 Å². The fourth-order valence-corrected chi connectivity index (χ4v) is 4.47. The number of hydrazone groups is 1. The van der Waals surface area contributed by atoms with Gasteiger partial charge in [-0.1, -0.05) is 24.3 Å². The molecular weight excluding hydrogens is 342 g/mol. The van der Waals surface area contributed by atoms with Gasteiger partial charge in [0.25, 0.3) is 0 Å². The van der Waals surface area contributed by atoms with Gasteiger partial charge in [0.15, 0.2) is 0 Å². The summed E-state index contributed by atoms with van der Waals surface area (Å²) < 4.78 is 2.35. The average molecular weight is 366 g/mol. The Balaban J connectivity index is 1.48. The van der Waals surface area contributed by atoms with Crippen LogP contribution < -0.4 is 5.43 Å². The van der Waals surface area contributed by atoms with Crippen LogP contribution in [0.25, 0.3) is 10.9 Å². The number of carbonyl (C=O) groups excluding carboxylic acids is 1. The quantitative estimate of drug-likeness (QED) is 0.525. The Hall–Kier alpha value is -2.40. The number of para-hydroxylation sites is 1. The summed E-state index contributed by atoms with van der Waals surface area (Å²) in [5.74, 6) is -0.0387. The molecule has 1 N–H and O–H groups in total. The Morgan fingerprint density at radius 2 is 2.04 bits per heavy atom. The van der Waals surface area contributed by atoms with Crippen LogP contribution in [0.2, 0.25) is 0 Å². The van der Waals surface area contributed by atoms with Crippen LogP contribution in [0.4, 0.5) is 0 Å². The Kier molecular flexibility index (Phi) is 4.89. The molecule has 0 aliphatic heterocycles. The molecule has 1 aliphatic carbocycles. The molecule has 1 aliphatic rings. The van der Waals surface area contributed by atoms with E-state index < -0.39 is 0 Å². The number of amides is 1. The van der Waals surface area contributed by atoms with Gasteiger partial charge in [0, 0.05) is 34.4 Å². The second-order valence-corrected chi connectivity index (χ2v) is 7.71. The van der Waals surface area contributed by atoms with Gasteiger partial charge in [-0.2, -0.15) is 5.10 Å². The van der Waals surface area contributed by atoms with Crippen LogP contribution in [0.1, 0.15) is 42.3 Å². The van der Waals surface area contributed by atoms with Crippen LogP contribution in [0, 0.1) is 0 Å². The minimum absolute atomic E-state index is 0.0387. The summed E-state index contributed by atoms with van der Waals surface area (Å²) in [5, 5.41) is 7.60. The molecule has 1 amide bonds. The predicted octanol–water partition coefficient (Wildman–Crippen LogP) is 4.51. The van der Waals surface area contributed by atoms with Crippen molar-refractivity contribution in [1.82, 2.24) is 9.99 Å². The molecule has 134 valence electrons. The molecule has 26 heavy (non-hydrogen) atoms. The standard InChI is InChI=1S/C21H23N3OS/c1-15(20-11-6-14-26-20)22-23-21(25)12-13-24-18-9-4-2-7-16(18)17-8-3-5-10-19(17)24/h2,4,6-7,9,11,14H,3,5,8,10,12-13H2,1H3,(H,23,25)/b22-15-. The number of hydrogen-bond acceptors (Lipinski definition) is 3. The van der Waals surface area contributed by atoms with Crippen LogP contribution in [0.3, 0.4) is 0 Å². The van der Waals surface area contributed by atoms with Crippen molar-refractivity contribution in [2.45, 2.75) is 45.6 Å². The number of benzene rings is 1. The van der Waals surface area contributed by atoms with E-state index in [1.54, 1.807) is 11.3 Å². The first-order chi connectivity index (χ1) is 12.7. The van der Waals surface area contributed by atoms with E-state index in [9.17, 15) is 4.79 Å². The van der Waals surface area contributed by atoms with Gasteiger partial charge in [0.05, 0.1) is 5.71 Å². The zero-order valence-electron chi connectivity index (χ0n) is 15.0. The van der Waals surface area contributed by atoms with Crippen LogP contribution >= 0.6 is 11.3 Å². The van der Waals surface area contributed by atoms with Crippen LogP contribution in [0.15, 0.2) is 46.9 Å². The molecule has 2 aromatic heterocycles. The second kappa shape index (κ2) is 7.46. The van der Waals surface area contributed by atoms with Gasteiger partial charge in [0.2, 0.25) is 5.91 Å². The number of aryl methyl sites for hydroxylation is 2. The Labute approximate surface area is 157 Å². The van der Waals surface area contributed by atoms with Crippen molar-refractivity contribution in [1.29, 1.82) is 0 Å². The van der Waals surface area contributed by atoms with Gasteiger partial charge in [-0.3, -0.25) is 4.79 Å². The smallest absolute Gasteiger partial charge is 0.241 e. The molecule has 0 spiro atoms. The Morgan fingerprint density at radius 1 is 1.19 bits per heavy atom. The number of rotatable bonds is 5. The summed E-state index contributed by atoms with van der Waals surface area (Å²) >= 11 is 1.62. The zero-order chi connectivity index (χ0) is 17.9. The minimum Gasteiger partial charge on any atom is -0.344 e. The van der Waals surface area contributed by atoms with Gasteiger partial charge in [-0.25, -0.2) is 5.43 Å². The molecule has 3 aromatic rings. The normalized spacial score (nSPS) is 14.4.